The maximum absolute atomic E-state index is 11.7. The molecule has 0 radical (unpaired) electrons. The number of carbonyl (C=O) groups is 1. The largest absolute Gasteiger partial charge is 0.317 e. The van der Waals surface area contributed by atoms with Gasteiger partial charge in [-0.1, -0.05) is 35.9 Å². The molecule has 0 aliphatic heterocycles. The Balaban J connectivity index is 1.86. The van der Waals surface area contributed by atoms with E-state index in [1.54, 1.807) is 24.4 Å². The summed E-state index contributed by atoms with van der Waals surface area (Å²) in [6.45, 7) is 2.02. The molecule has 1 aromatic heterocycles. The minimum atomic E-state index is -0.288. The van der Waals surface area contributed by atoms with E-state index in [1.165, 1.54) is 11.6 Å². The number of amides is 1. The van der Waals surface area contributed by atoms with Crippen molar-refractivity contribution in [2.75, 3.05) is 5.32 Å². The summed E-state index contributed by atoms with van der Waals surface area (Å²) in [6.07, 6.45) is 4.82. The van der Waals surface area contributed by atoms with Gasteiger partial charge in [0.15, 0.2) is 5.11 Å². The molecule has 0 atom stereocenters. The second kappa shape index (κ2) is 7.31. The van der Waals surface area contributed by atoms with Gasteiger partial charge >= 0.3 is 0 Å². The van der Waals surface area contributed by atoms with Gasteiger partial charge in [-0.2, -0.15) is 0 Å². The molecule has 4 nitrogen and oxygen atoms in total. The van der Waals surface area contributed by atoms with Crippen molar-refractivity contribution in [3.8, 4) is 0 Å². The summed E-state index contributed by atoms with van der Waals surface area (Å²) in [4.78, 5) is 15.8. The summed E-state index contributed by atoms with van der Waals surface area (Å²) < 4.78 is 0. The van der Waals surface area contributed by atoms with Crippen LogP contribution in [-0.4, -0.2) is 16.0 Å². The number of pyridine rings is 1. The average Bonchev–Trinajstić information content (AvgIpc) is 2.47. The first-order valence-electron chi connectivity index (χ1n) is 6.41. The van der Waals surface area contributed by atoms with E-state index in [-0.39, 0.29) is 11.0 Å². The third kappa shape index (κ3) is 5.16. The maximum Gasteiger partial charge on any atom is 0.250 e. The summed E-state index contributed by atoms with van der Waals surface area (Å²) in [5.74, 6) is 0.300. The summed E-state index contributed by atoms with van der Waals surface area (Å²) in [5, 5.41) is 5.61. The van der Waals surface area contributed by atoms with Crippen LogP contribution in [0.1, 0.15) is 11.1 Å². The number of carbonyl (C=O) groups excluding carboxylic acids is 1. The normalized spacial score (nSPS) is 10.3. The molecule has 0 saturated heterocycles. The fourth-order valence-electron chi connectivity index (χ4n) is 1.59. The second-order valence-electron chi connectivity index (χ2n) is 4.40. The number of benzene rings is 1. The van der Waals surface area contributed by atoms with Gasteiger partial charge in [0, 0.05) is 12.3 Å². The van der Waals surface area contributed by atoms with Gasteiger partial charge in [0.25, 0.3) is 0 Å². The monoisotopic (exact) mass is 297 g/mol. The lowest BCUT2D eigenvalue weighted by atomic mass is 10.1. The molecular formula is C16H15N3OS. The van der Waals surface area contributed by atoms with E-state index in [1.807, 2.05) is 37.3 Å². The predicted octanol–water partition coefficient (Wildman–Crippen LogP) is 2.92. The Morgan fingerprint density at radius 1 is 1.19 bits per heavy atom. The molecule has 106 valence electrons. The lowest BCUT2D eigenvalue weighted by Crippen LogP contribution is -2.33. The first-order chi connectivity index (χ1) is 10.1. The molecule has 1 amide bonds. The van der Waals surface area contributed by atoms with Gasteiger partial charge in [-0.15, -0.1) is 0 Å². The SMILES string of the molecule is Cc1ccc(/C=C/C(=O)NC(=S)Nc2ccccn2)cc1. The van der Waals surface area contributed by atoms with Crippen LogP contribution in [0.4, 0.5) is 5.82 Å². The molecule has 2 aromatic rings. The molecule has 0 spiro atoms. The van der Waals surface area contributed by atoms with Crippen molar-refractivity contribution in [3.63, 3.8) is 0 Å². The quantitative estimate of drug-likeness (QED) is 0.675. The van der Waals surface area contributed by atoms with Crippen LogP contribution in [-0.2, 0) is 4.79 Å². The van der Waals surface area contributed by atoms with Crippen LogP contribution in [0.25, 0.3) is 6.08 Å². The van der Waals surface area contributed by atoms with Crippen LogP contribution in [0.2, 0.25) is 0 Å². The number of aromatic nitrogens is 1. The molecule has 0 aliphatic rings. The van der Waals surface area contributed by atoms with Gasteiger partial charge in [-0.05, 0) is 42.9 Å². The number of aryl methyl sites for hydroxylation is 1. The number of thiocarbonyl (C=S) groups is 1. The van der Waals surface area contributed by atoms with E-state index in [0.29, 0.717) is 5.82 Å². The predicted molar refractivity (Wildman–Crippen MR) is 88.8 cm³/mol. The van der Waals surface area contributed by atoms with Crippen molar-refractivity contribution in [1.29, 1.82) is 0 Å². The van der Waals surface area contributed by atoms with Crippen LogP contribution >= 0.6 is 12.2 Å². The number of nitrogens with zero attached hydrogens (tertiary/aromatic N) is 1. The van der Waals surface area contributed by atoms with Crippen LogP contribution in [0.15, 0.2) is 54.7 Å². The molecular weight excluding hydrogens is 282 g/mol. The zero-order valence-corrected chi connectivity index (χ0v) is 12.4. The van der Waals surface area contributed by atoms with Crippen LogP contribution in [0.3, 0.4) is 0 Å². The fourth-order valence-corrected chi connectivity index (χ4v) is 1.79. The van der Waals surface area contributed by atoms with Crippen LogP contribution in [0, 0.1) is 6.92 Å². The summed E-state index contributed by atoms with van der Waals surface area (Å²) >= 11 is 5.04. The van der Waals surface area contributed by atoms with Crippen molar-refractivity contribution in [2.45, 2.75) is 6.92 Å². The molecule has 0 aliphatic carbocycles. The Hall–Kier alpha value is -2.53. The summed E-state index contributed by atoms with van der Waals surface area (Å²) in [7, 11) is 0. The lowest BCUT2D eigenvalue weighted by molar-refractivity contribution is -0.115. The fraction of sp³-hybridized carbons (Fsp3) is 0.0625. The third-order valence-electron chi connectivity index (χ3n) is 2.65. The Morgan fingerprint density at radius 2 is 1.95 bits per heavy atom. The topological polar surface area (TPSA) is 54.0 Å². The first kappa shape index (κ1) is 14.9. The van der Waals surface area contributed by atoms with E-state index in [9.17, 15) is 4.79 Å². The summed E-state index contributed by atoms with van der Waals surface area (Å²) in [5.41, 5.74) is 2.14. The zero-order chi connectivity index (χ0) is 15.1. The summed E-state index contributed by atoms with van der Waals surface area (Å²) in [6, 6.07) is 13.3. The highest BCUT2D eigenvalue weighted by Crippen LogP contribution is 2.04. The van der Waals surface area contributed by atoms with E-state index < -0.39 is 0 Å². The highest BCUT2D eigenvalue weighted by Gasteiger charge is 2.01. The van der Waals surface area contributed by atoms with Gasteiger partial charge in [0.05, 0.1) is 0 Å². The first-order valence-corrected chi connectivity index (χ1v) is 6.82. The molecule has 21 heavy (non-hydrogen) atoms. The average molecular weight is 297 g/mol. The van der Waals surface area contributed by atoms with Crippen molar-refractivity contribution < 1.29 is 4.79 Å². The Morgan fingerprint density at radius 3 is 2.62 bits per heavy atom. The Kier molecular flexibility index (Phi) is 5.17. The molecule has 2 N–H and O–H groups in total. The Bertz CT molecular complexity index is 651. The highest BCUT2D eigenvalue weighted by molar-refractivity contribution is 7.80. The molecule has 0 bridgehead atoms. The van der Waals surface area contributed by atoms with E-state index in [2.05, 4.69) is 15.6 Å². The zero-order valence-electron chi connectivity index (χ0n) is 11.5. The third-order valence-corrected chi connectivity index (χ3v) is 2.85. The standard InChI is InChI=1S/C16H15N3OS/c1-12-5-7-13(8-6-12)9-10-15(20)19-16(21)18-14-4-2-3-11-17-14/h2-11H,1H3,(H2,17,18,19,20,21)/b10-9+. The molecule has 0 fully saturated rings. The van der Waals surface area contributed by atoms with Gasteiger partial charge in [-0.3, -0.25) is 10.1 Å². The molecule has 1 heterocycles. The Labute approximate surface area is 128 Å². The van der Waals surface area contributed by atoms with Crippen molar-refractivity contribution in [1.82, 2.24) is 10.3 Å². The smallest absolute Gasteiger partial charge is 0.250 e. The molecule has 5 heteroatoms. The number of rotatable bonds is 3. The lowest BCUT2D eigenvalue weighted by Gasteiger charge is -2.06. The number of nitrogens with one attached hydrogen (secondary N) is 2. The number of anilines is 1. The van der Waals surface area contributed by atoms with Crippen molar-refractivity contribution in [2.24, 2.45) is 0 Å². The van der Waals surface area contributed by atoms with Gasteiger partial charge in [0.2, 0.25) is 5.91 Å². The van der Waals surface area contributed by atoms with Crippen LogP contribution in [0.5, 0.6) is 0 Å². The highest BCUT2D eigenvalue weighted by atomic mass is 32.1. The minimum Gasteiger partial charge on any atom is -0.317 e. The molecule has 0 saturated carbocycles. The van der Waals surface area contributed by atoms with E-state index >= 15 is 0 Å². The van der Waals surface area contributed by atoms with Crippen molar-refractivity contribution >= 4 is 35.1 Å². The van der Waals surface area contributed by atoms with E-state index in [4.69, 9.17) is 12.2 Å². The van der Waals surface area contributed by atoms with E-state index in [0.717, 1.165) is 5.56 Å². The minimum absolute atomic E-state index is 0.215. The number of hydrogen-bond acceptors (Lipinski definition) is 3. The van der Waals surface area contributed by atoms with Gasteiger partial charge in [-0.25, -0.2) is 4.98 Å². The molecule has 0 unspecified atom stereocenters. The molecule has 2 rings (SSSR count). The van der Waals surface area contributed by atoms with Gasteiger partial charge < -0.3 is 5.32 Å². The van der Waals surface area contributed by atoms with Crippen molar-refractivity contribution in [3.05, 3.63) is 65.9 Å². The second-order valence-corrected chi connectivity index (χ2v) is 4.81. The van der Waals surface area contributed by atoms with Gasteiger partial charge in [0.1, 0.15) is 5.82 Å². The molecule has 1 aromatic carbocycles. The maximum atomic E-state index is 11.7. The number of hydrogen-bond donors (Lipinski definition) is 2. The van der Waals surface area contributed by atoms with Crippen LogP contribution < -0.4 is 10.6 Å².